The molecule has 2 N–H and O–H groups in total. The number of piperidine rings is 1. The van der Waals surface area contributed by atoms with Crippen LogP contribution < -0.4 is 20.3 Å². The van der Waals surface area contributed by atoms with Gasteiger partial charge in [-0.1, -0.05) is 24.3 Å². The van der Waals surface area contributed by atoms with Crippen LogP contribution in [0.2, 0.25) is 0 Å². The Hall–Kier alpha value is -2.03. The lowest BCUT2D eigenvalue weighted by Crippen LogP contribution is -2.49. The van der Waals surface area contributed by atoms with Crippen molar-refractivity contribution in [3.05, 3.63) is 53.7 Å². The molecular weight excluding hydrogens is 501 g/mol. The lowest BCUT2D eigenvalue weighted by atomic mass is 10.1. The van der Waals surface area contributed by atoms with E-state index in [1.54, 1.807) is 0 Å². The number of halogens is 1. The van der Waals surface area contributed by atoms with Crippen molar-refractivity contribution in [3.63, 3.8) is 0 Å². The number of aliphatic imine (C=N–C) groups is 1. The van der Waals surface area contributed by atoms with Crippen LogP contribution in [0.3, 0.4) is 0 Å². The zero-order valence-corrected chi connectivity index (χ0v) is 21.4. The van der Waals surface area contributed by atoms with E-state index in [2.05, 4.69) is 59.5 Å². The van der Waals surface area contributed by atoms with Crippen LogP contribution in [0.15, 0.2) is 47.5 Å². The number of anilines is 1. The number of rotatable bonds is 7. The highest BCUT2D eigenvalue weighted by Crippen LogP contribution is 2.19. The molecule has 0 amide bonds. The van der Waals surface area contributed by atoms with Crippen LogP contribution in [-0.4, -0.2) is 49.3 Å². The zero-order chi connectivity index (χ0) is 21.3. The molecule has 0 saturated carbocycles. The maximum atomic E-state index is 6.06. The topological polar surface area (TPSA) is 61.8 Å². The lowest BCUT2D eigenvalue weighted by molar-refractivity contribution is 0.228. The van der Waals surface area contributed by atoms with Crippen molar-refractivity contribution in [3.8, 4) is 5.75 Å². The summed E-state index contributed by atoms with van der Waals surface area (Å²) in [6.45, 7) is 11.7. The fraction of sp³-hybridized carbons (Fsp3) is 0.500. The summed E-state index contributed by atoms with van der Waals surface area (Å²) in [5.74, 6) is 2.87. The molecular formula is C24H36IN5O. The molecule has 6 nitrogen and oxygen atoms in total. The number of hydrogen-bond acceptors (Lipinski definition) is 4. The van der Waals surface area contributed by atoms with E-state index in [0.717, 1.165) is 61.3 Å². The van der Waals surface area contributed by atoms with Crippen LogP contribution in [0.25, 0.3) is 0 Å². The van der Waals surface area contributed by atoms with Gasteiger partial charge in [-0.15, -0.1) is 24.0 Å². The fourth-order valence-electron chi connectivity index (χ4n) is 3.63. The smallest absolute Gasteiger partial charge is 0.191 e. The first-order valence-electron chi connectivity index (χ1n) is 11.0. The molecule has 1 unspecified atom stereocenters. The average molecular weight is 537 g/mol. The zero-order valence-electron chi connectivity index (χ0n) is 19.1. The van der Waals surface area contributed by atoms with Crippen molar-refractivity contribution >= 4 is 35.8 Å². The van der Waals surface area contributed by atoms with Gasteiger partial charge < -0.3 is 20.3 Å². The Kier molecular flexibility index (Phi) is 10.4. The summed E-state index contributed by atoms with van der Waals surface area (Å²) >= 11 is 0. The van der Waals surface area contributed by atoms with Crippen LogP contribution in [0.1, 0.15) is 37.9 Å². The van der Waals surface area contributed by atoms with Gasteiger partial charge in [0.25, 0.3) is 0 Å². The molecule has 170 valence electrons. The van der Waals surface area contributed by atoms with Gasteiger partial charge in [0, 0.05) is 31.4 Å². The molecule has 7 heteroatoms. The van der Waals surface area contributed by atoms with Gasteiger partial charge in [0.15, 0.2) is 5.96 Å². The van der Waals surface area contributed by atoms with Crippen molar-refractivity contribution in [1.29, 1.82) is 0 Å². The molecule has 0 radical (unpaired) electrons. The molecule has 2 aromatic rings. The van der Waals surface area contributed by atoms with Crippen LogP contribution in [0.4, 0.5) is 5.82 Å². The lowest BCUT2D eigenvalue weighted by Gasteiger charge is -2.34. The number of guanidine groups is 1. The highest BCUT2D eigenvalue weighted by molar-refractivity contribution is 14.0. The van der Waals surface area contributed by atoms with Crippen molar-refractivity contribution in [2.45, 2.75) is 52.7 Å². The third-order valence-electron chi connectivity index (χ3n) is 5.31. The molecule has 1 aromatic carbocycles. The van der Waals surface area contributed by atoms with Gasteiger partial charge in [0.05, 0.1) is 6.54 Å². The van der Waals surface area contributed by atoms with E-state index in [4.69, 9.17) is 9.73 Å². The predicted octanol–water partition coefficient (Wildman–Crippen LogP) is 4.31. The SMILES string of the molecule is CCNC(=NCC(C)Oc1ccccc1C)NC1CCN(c2cccc(C)n2)CC1.I. The molecule has 1 aliphatic rings. The van der Waals surface area contributed by atoms with E-state index in [0.29, 0.717) is 12.6 Å². The number of para-hydroxylation sites is 1. The predicted molar refractivity (Wildman–Crippen MR) is 140 cm³/mol. The number of aryl methyl sites for hydroxylation is 2. The third kappa shape index (κ3) is 7.87. The first-order valence-corrected chi connectivity index (χ1v) is 11.0. The monoisotopic (exact) mass is 537 g/mol. The number of nitrogens with one attached hydrogen (secondary N) is 2. The Balaban J connectivity index is 0.00000341. The summed E-state index contributed by atoms with van der Waals surface area (Å²) < 4.78 is 6.06. The Morgan fingerprint density at radius 2 is 1.90 bits per heavy atom. The number of aromatic nitrogens is 1. The normalized spacial score (nSPS) is 15.7. The van der Waals surface area contributed by atoms with E-state index in [-0.39, 0.29) is 30.1 Å². The van der Waals surface area contributed by atoms with Crippen molar-refractivity contribution < 1.29 is 4.74 Å². The summed E-state index contributed by atoms with van der Waals surface area (Å²) in [5, 5.41) is 6.98. The highest BCUT2D eigenvalue weighted by atomic mass is 127. The van der Waals surface area contributed by atoms with E-state index in [1.165, 1.54) is 0 Å². The second kappa shape index (κ2) is 12.7. The van der Waals surface area contributed by atoms with Crippen molar-refractivity contribution in [2.24, 2.45) is 4.99 Å². The number of ether oxygens (including phenoxy) is 1. The Labute approximate surface area is 203 Å². The summed E-state index contributed by atoms with van der Waals surface area (Å²) in [7, 11) is 0. The second-order valence-electron chi connectivity index (χ2n) is 7.96. The van der Waals surface area contributed by atoms with Gasteiger partial charge in [-0.05, 0) is 64.3 Å². The minimum atomic E-state index is 0. The summed E-state index contributed by atoms with van der Waals surface area (Å²) in [6.07, 6.45) is 2.14. The maximum absolute atomic E-state index is 6.06. The fourth-order valence-corrected chi connectivity index (χ4v) is 3.63. The van der Waals surface area contributed by atoms with Crippen LogP contribution in [0.5, 0.6) is 5.75 Å². The third-order valence-corrected chi connectivity index (χ3v) is 5.31. The molecule has 1 aliphatic heterocycles. The number of hydrogen-bond donors (Lipinski definition) is 2. The van der Waals surface area contributed by atoms with Crippen LogP contribution in [-0.2, 0) is 0 Å². The number of benzene rings is 1. The molecule has 0 spiro atoms. The molecule has 0 aliphatic carbocycles. The largest absolute Gasteiger partial charge is 0.489 e. The Morgan fingerprint density at radius 3 is 2.58 bits per heavy atom. The van der Waals surface area contributed by atoms with Gasteiger partial charge in [-0.2, -0.15) is 0 Å². The van der Waals surface area contributed by atoms with Gasteiger partial charge in [0.2, 0.25) is 0 Å². The molecule has 1 saturated heterocycles. The minimum Gasteiger partial charge on any atom is -0.489 e. The van der Waals surface area contributed by atoms with E-state index in [1.807, 2.05) is 31.2 Å². The molecule has 31 heavy (non-hydrogen) atoms. The van der Waals surface area contributed by atoms with Crippen LogP contribution >= 0.6 is 24.0 Å². The number of nitrogens with zero attached hydrogens (tertiary/aromatic N) is 3. The molecule has 3 rings (SSSR count). The van der Waals surface area contributed by atoms with Gasteiger partial charge in [-0.3, -0.25) is 0 Å². The molecule has 1 fully saturated rings. The molecule has 1 atom stereocenters. The summed E-state index contributed by atoms with van der Waals surface area (Å²) in [4.78, 5) is 11.8. The van der Waals surface area contributed by atoms with Crippen molar-refractivity contribution in [1.82, 2.24) is 15.6 Å². The van der Waals surface area contributed by atoms with Gasteiger partial charge in [0.1, 0.15) is 17.7 Å². The van der Waals surface area contributed by atoms with E-state index >= 15 is 0 Å². The standard InChI is InChI=1S/C24H35N5O.HI/c1-5-25-24(26-17-20(4)30-22-11-7-6-9-18(22)2)28-21-13-15-29(16-14-21)23-12-8-10-19(3)27-23;/h6-12,20-21H,5,13-17H2,1-4H3,(H2,25,26,28);1H. The van der Waals surface area contributed by atoms with E-state index < -0.39 is 0 Å². The van der Waals surface area contributed by atoms with Crippen LogP contribution in [0, 0.1) is 13.8 Å². The average Bonchev–Trinajstić information content (AvgIpc) is 2.74. The highest BCUT2D eigenvalue weighted by Gasteiger charge is 2.21. The Morgan fingerprint density at radius 1 is 1.16 bits per heavy atom. The number of pyridine rings is 1. The minimum absolute atomic E-state index is 0. The molecule has 1 aromatic heterocycles. The van der Waals surface area contributed by atoms with Gasteiger partial charge in [-0.25, -0.2) is 9.98 Å². The molecule has 0 bridgehead atoms. The van der Waals surface area contributed by atoms with Crippen molar-refractivity contribution in [2.75, 3.05) is 31.1 Å². The second-order valence-corrected chi connectivity index (χ2v) is 7.96. The summed E-state index contributed by atoms with van der Waals surface area (Å²) in [5.41, 5.74) is 2.21. The molecule has 2 heterocycles. The Bertz CT molecular complexity index is 836. The summed E-state index contributed by atoms with van der Waals surface area (Å²) in [6, 6.07) is 14.7. The van der Waals surface area contributed by atoms with E-state index in [9.17, 15) is 0 Å². The quantitative estimate of drug-likeness (QED) is 0.313. The van der Waals surface area contributed by atoms with Gasteiger partial charge >= 0.3 is 0 Å². The first kappa shape index (κ1) is 25.2. The maximum Gasteiger partial charge on any atom is 0.191 e. The first-order chi connectivity index (χ1) is 14.5.